The fourth-order valence-electron chi connectivity index (χ4n) is 3.71. The Balaban J connectivity index is 1.63. The van der Waals surface area contributed by atoms with E-state index in [0.717, 1.165) is 29.6 Å². The van der Waals surface area contributed by atoms with E-state index in [1.54, 1.807) is 10.8 Å². The van der Waals surface area contributed by atoms with Gasteiger partial charge in [-0.15, -0.1) is 15.3 Å². The lowest BCUT2D eigenvalue weighted by molar-refractivity contribution is 0.187. The number of aromatic nitrogens is 7. The van der Waals surface area contributed by atoms with Gasteiger partial charge in [-0.05, 0) is 31.2 Å². The van der Waals surface area contributed by atoms with Crippen molar-refractivity contribution in [2.24, 2.45) is 0 Å². The van der Waals surface area contributed by atoms with Crippen molar-refractivity contribution in [1.29, 1.82) is 0 Å². The molecule has 0 bridgehead atoms. The molecule has 0 saturated heterocycles. The molecule has 8 heteroatoms. The van der Waals surface area contributed by atoms with Crippen molar-refractivity contribution in [3.05, 3.63) is 54.1 Å². The van der Waals surface area contributed by atoms with Gasteiger partial charge in [0.1, 0.15) is 6.33 Å². The lowest BCUT2D eigenvalue weighted by Gasteiger charge is -2.39. The molecule has 1 aliphatic carbocycles. The van der Waals surface area contributed by atoms with E-state index in [2.05, 4.69) is 38.4 Å². The number of benzene rings is 1. The zero-order valence-electron chi connectivity index (χ0n) is 15.8. The molecule has 0 spiro atoms. The van der Waals surface area contributed by atoms with Gasteiger partial charge in [0, 0.05) is 11.1 Å². The third kappa shape index (κ3) is 2.72. The largest absolute Gasteiger partial charge is 0.465 e. The smallest absolute Gasteiger partial charge is 0.236 e. The van der Waals surface area contributed by atoms with Crippen LogP contribution in [0.3, 0.4) is 0 Å². The lowest BCUT2D eigenvalue weighted by atomic mass is 9.66. The first-order valence-corrected chi connectivity index (χ1v) is 9.49. The van der Waals surface area contributed by atoms with Crippen molar-refractivity contribution >= 4 is 5.65 Å². The molecule has 1 unspecified atom stereocenters. The Morgan fingerprint density at radius 1 is 1.18 bits per heavy atom. The fraction of sp³-hybridized carbons (Fsp3) is 0.350. The molecule has 1 fully saturated rings. The molecule has 3 heterocycles. The Bertz CT molecular complexity index is 1100. The van der Waals surface area contributed by atoms with Crippen LogP contribution in [0.5, 0.6) is 5.88 Å². The second-order valence-corrected chi connectivity index (χ2v) is 7.55. The minimum Gasteiger partial charge on any atom is -0.465 e. The van der Waals surface area contributed by atoms with Crippen molar-refractivity contribution in [3.63, 3.8) is 0 Å². The van der Waals surface area contributed by atoms with Crippen molar-refractivity contribution in [1.82, 2.24) is 35.0 Å². The molecule has 1 aromatic carbocycles. The summed E-state index contributed by atoms with van der Waals surface area (Å²) in [6.45, 7) is 4.18. The summed E-state index contributed by atoms with van der Waals surface area (Å²) in [6, 6.07) is 12.0. The second-order valence-electron chi connectivity index (χ2n) is 7.55. The van der Waals surface area contributed by atoms with Crippen LogP contribution in [0.25, 0.3) is 17.0 Å². The van der Waals surface area contributed by atoms with E-state index >= 15 is 0 Å². The highest BCUT2D eigenvalue weighted by Crippen LogP contribution is 2.47. The third-order valence-electron chi connectivity index (χ3n) is 5.58. The zero-order chi connectivity index (χ0) is 19.1. The Morgan fingerprint density at radius 3 is 2.68 bits per heavy atom. The van der Waals surface area contributed by atoms with Crippen LogP contribution in [0, 0.1) is 0 Å². The van der Waals surface area contributed by atoms with Gasteiger partial charge in [0.25, 0.3) is 0 Å². The van der Waals surface area contributed by atoms with E-state index in [4.69, 9.17) is 9.84 Å². The molecule has 0 radical (unpaired) electrons. The monoisotopic (exact) mass is 375 g/mol. The Hall–Kier alpha value is -3.29. The number of hydrogen-bond donors (Lipinski definition) is 1. The number of aromatic amines is 1. The number of H-pyrrole nitrogens is 1. The maximum absolute atomic E-state index is 6.25. The Kier molecular flexibility index (Phi) is 3.85. The van der Waals surface area contributed by atoms with E-state index in [0.29, 0.717) is 17.5 Å². The highest BCUT2D eigenvalue weighted by molar-refractivity contribution is 5.60. The van der Waals surface area contributed by atoms with Gasteiger partial charge in [-0.3, -0.25) is 5.10 Å². The van der Waals surface area contributed by atoms with Crippen LogP contribution in [-0.2, 0) is 5.41 Å². The first kappa shape index (κ1) is 16.9. The van der Waals surface area contributed by atoms with E-state index in [-0.39, 0.29) is 11.5 Å². The van der Waals surface area contributed by atoms with Crippen molar-refractivity contribution in [2.45, 2.75) is 44.6 Å². The van der Waals surface area contributed by atoms with Gasteiger partial charge in [-0.1, -0.05) is 43.7 Å². The molecule has 1 saturated carbocycles. The average molecular weight is 375 g/mol. The Labute approximate surface area is 162 Å². The number of nitrogens with zero attached hydrogens (tertiary/aromatic N) is 6. The van der Waals surface area contributed by atoms with Crippen LogP contribution in [0.2, 0.25) is 0 Å². The van der Waals surface area contributed by atoms with Gasteiger partial charge in [0.2, 0.25) is 5.88 Å². The van der Waals surface area contributed by atoms with Gasteiger partial charge >= 0.3 is 0 Å². The number of rotatable bonds is 5. The molecule has 4 aromatic rings. The first-order valence-electron chi connectivity index (χ1n) is 9.49. The number of fused-ring (bicyclic) bond motifs is 1. The maximum Gasteiger partial charge on any atom is 0.236 e. The highest BCUT2D eigenvalue weighted by atomic mass is 16.5. The summed E-state index contributed by atoms with van der Waals surface area (Å²) in [7, 11) is 0. The SMILES string of the molecule is CC(Oc1nn2c(-c3ccccc3)nnc2cc1C1(C)CCC1)c1nc[nH]n1. The summed E-state index contributed by atoms with van der Waals surface area (Å²) in [6.07, 6.45) is 4.65. The summed E-state index contributed by atoms with van der Waals surface area (Å²) in [5, 5.41) is 20.4. The summed E-state index contributed by atoms with van der Waals surface area (Å²) >= 11 is 0. The molecule has 28 heavy (non-hydrogen) atoms. The molecule has 0 aliphatic heterocycles. The van der Waals surface area contributed by atoms with Gasteiger partial charge in [0.15, 0.2) is 23.4 Å². The molecule has 8 nitrogen and oxygen atoms in total. The number of nitrogens with one attached hydrogen (secondary N) is 1. The van der Waals surface area contributed by atoms with Crippen LogP contribution in [0.15, 0.2) is 42.7 Å². The molecule has 3 aromatic heterocycles. The molecule has 1 aliphatic rings. The van der Waals surface area contributed by atoms with Crippen LogP contribution < -0.4 is 4.74 Å². The van der Waals surface area contributed by atoms with Crippen molar-refractivity contribution in [3.8, 4) is 17.3 Å². The summed E-state index contributed by atoms with van der Waals surface area (Å²) < 4.78 is 8.00. The average Bonchev–Trinajstić information content (AvgIpc) is 3.36. The number of hydrogen-bond acceptors (Lipinski definition) is 6. The second kappa shape index (κ2) is 6.40. The zero-order valence-corrected chi connectivity index (χ0v) is 15.8. The molecule has 1 atom stereocenters. The normalized spacial score (nSPS) is 16.6. The topological polar surface area (TPSA) is 93.9 Å². The molecular weight excluding hydrogens is 354 g/mol. The summed E-state index contributed by atoms with van der Waals surface area (Å²) in [4.78, 5) is 4.20. The van der Waals surface area contributed by atoms with E-state index in [1.165, 1.54) is 6.42 Å². The highest BCUT2D eigenvalue weighted by Gasteiger charge is 2.38. The van der Waals surface area contributed by atoms with E-state index < -0.39 is 0 Å². The van der Waals surface area contributed by atoms with Gasteiger partial charge in [0.05, 0.1) is 0 Å². The van der Waals surface area contributed by atoms with Gasteiger partial charge in [-0.2, -0.15) is 9.61 Å². The Morgan fingerprint density at radius 2 is 2.00 bits per heavy atom. The number of ether oxygens (including phenoxy) is 1. The molecule has 5 rings (SSSR count). The molecule has 1 N–H and O–H groups in total. The minimum atomic E-state index is -0.324. The van der Waals surface area contributed by atoms with Crippen molar-refractivity contribution < 1.29 is 4.74 Å². The standard InChI is InChI=1S/C20H21N7O/c1-13(17-21-12-22-24-17)28-19-15(20(2)9-6-10-20)11-16-23-25-18(27(16)26-19)14-7-4-3-5-8-14/h3-5,7-8,11-13H,6,9-10H2,1-2H3,(H,21,22,24). The predicted molar refractivity (Wildman–Crippen MR) is 103 cm³/mol. The fourth-order valence-corrected chi connectivity index (χ4v) is 3.71. The maximum atomic E-state index is 6.25. The lowest BCUT2D eigenvalue weighted by Crippen LogP contribution is -2.31. The van der Waals surface area contributed by atoms with Crippen molar-refractivity contribution in [2.75, 3.05) is 0 Å². The quantitative estimate of drug-likeness (QED) is 0.574. The van der Waals surface area contributed by atoms with Gasteiger partial charge < -0.3 is 4.74 Å². The van der Waals surface area contributed by atoms with E-state index in [9.17, 15) is 0 Å². The van der Waals surface area contributed by atoms with Gasteiger partial charge in [-0.25, -0.2) is 4.98 Å². The van der Waals surface area contributed by atoms with E-state index in [1.807, 2.05) is 37.3 Å². The molecule has 142 valence electrons. The third-order valence-corrected chi connectivity index (χ3v) is 5.58. The predicted octanol–water partition coefficient (Wildman–Crippen LogP) is 3.49. The first-order chi connectivity index (χ1) is 13.6. The van der Waals surface area contributed by atoms with Crippen LogP contribution in [-0.4, -0.2) is 35.0 Å². The summed E-state index contributed by atoms with van der Waals surface area (Å²) in [5.74, 6) is 1.87. The van der Waals surface area contributed by atoms with Crippen LogP contribution in [0.1, 0.15) is 50.6 Å². The van der Waals surface area contributed by atoms with Crippen LogP contribution in [0.4, 0.5) is 0 Å². The minimum absolute atomic E-state index is 0.0433. The molecule has 0 amide bonds. The molecular formula is C20H21N7O. The summed E-state index contributed by atoms with van der Waals surface area (Å²) in [5.41, 5.74) is 2.79. The van der Waals surface area contributed by atoms with Crippen LogP contribution >= 0.6 is 0 Å².